The zero-order valence-electron chi connectivity index (χ0n) is 18.3. The SMILES string of the molecule is CCCNc1nc(Nc2cccc(F)c2)ncc1C#CC1CC(CC(=O)[C@H](C)NC)C1. The Kier molecular flexibility index (Phi) is 7.96. The first-order valence-corrected chi connectivity index (χ1v) is 10.8. The zero-order chi connectivity index (χ0) is 22.2. The van der Waals surface area contributed by atoms with E-state index in [-0.39, 0.29) is 17.6 Å². The number of Topliss-reactive ketones (excluding diaryl/α,β-unsaturated/α-hetero) is 1. The molecular formula is C24H30FN5O. The summed E-state index contributed by atoms with van der Waals surface area (Å²) in [6.07, 6.45) is 5.16. The maximum absolute atomic E-state index is 13.4. The molecule has 1 aromatic carbocycles. The van der Waals surface area contributed by atoms with Crippen molar-refractivity contribution in [3.63, 3.8) is 0 Å². The molecule has 1 heterocycles. The molecule has 3 rings (SSSR count). The first-order valence-electron chi connectivity index (χ1n) is 10.8. The van der Waals surface area contributed by atoms with Crippen molar-refractivity contribution in [1.82, 2.24) is 15.3 Å². The number of likely N-dealkylation sites (N-methyl/N-ethyl adjacent to an activating group) is 1. The van der Waals surface area contributed by atoms with E-state index in [2.05, 4.69) is 44.7 Å². The van der Waals surface area contributed by atoms with Gasteiger partial charge in [0.05, 0.1) is 17.8 Å². The molecule has 0 amide bonds. The number of carbonyl (C=O) groups is 1. The van der Waals surface area contributed by atoms with Crippen LogP contribution in [0.3, 0.4) is 0 Å². The summed E-state index contributed by atoms with van der Waals surface area (Å²) in [7, 11) is 1.81. The average Bonchev–Trinajstić information content (AvgIpc) is 2.73. The molecule has 0 spiro atoms. The number of rotatable bonds is 9. The van der Waals surface area contributed by atoms with Crippen LogP contribution in [-0.4, -0.2) is 35.4 Å². The van der Waals surface area contributed by atoms with Crippen LogP contribution in [0.1, 0.15) is 45.1 Å². The van der Waals surface area contributed by atoms with Gasteiger partial charge in [-0.25, -0.2) is 9.37 Å². The van der Waals surface area contributed by atoms with Gasteiger partial charge >= 0.3 is 0 Å². The summed E-state index contributed by atoms with van der Waals surface area (Å²) in [5.41, 5.74) is 1.32. The Balaban J connectivity index is 1.64. The van der Waals surface area contributed by atoms with Crippen LogP contribution in [0.5, 0.6) is 0 Å². The first-order chi connectivity index (χ1) is 15.0. The molecule has 0 saturated heterocycles. The molecule has 6 nitrogen and oxygen atoms in total. The Morgan fingerprint density at radius 3 is 2.87 bits per heavy atom. The molecule has 1 aromatic heterocycles. The van der Waals surface area contributed by atoms with E-state index in [1.54, 1.807) is 18.3 Å². The summed E-state index contributed by atoms with van der Waals surface area (Å²) < 4.78 is 13.4. The van der Waals surface area contributed by atoms with Gasteiger partial charge in [0, 0.05) is 24.6 Å². The van der Waals surface area contributed by atoms with Gasteiger partial charge in [-0.1, -0.05) is 24.8 Å². The van der Waals surface area contributed by atoms with Gasteiger partial charge in [-0.15, -0.1) is 0 Å². The topological polar surface area (TPSA) is 78.9 Å². The molecule has 31 heavy (non-hydrogen) atoms. The van der Waals surface area contributed by atoms with Crippen LogP contribution in [0, 0.1) is 29.5 Å². The van der Waals surface area contributed by atoms with Gasteiger partial charge in [0.15, 0.2) is 0 Å². The van der Waals surface area contributed by atoms with Crippen molar-refractivity contribution >= 4 is 23.2 Å². The van der Waals surface area contributed by atoms with Crippen molar-refractivity contribution in [2.75, 3.05) is 24.2 Å². The third-order valence-corrected chi connectivity index (χ3v) is 5.46. The Morgan fingerprint density at radius 2 is 2.16 bits per heavy atom. The molecule has 2 aromatic rings. The van der Waals surface area contributed by atoms with Crippen LogP contribution in [0.2, 0.25) is 0 Å². The molecule has 7 heteroatoms. The van der Waals surface area contributed by atoms with Gasteiger partial charge in [0.2, 0.25) is 5.95 Å². The minimum Gasteiger partial charge on any atom is -0.369 e. The van der Waals surface area contributed by atoms with Gasteiger partial charge in [-0.2, -0.15) is 4.98 Å². The predicted molar refractivity (Wildman–Crippen MR) is 122 cm³/mol. The van der Waals surface area contributed by atoms with Gasteiger partial charge < -0.3 is 16.0 Å². The standard InChI is InChI=1S/C24H30FN5O/c1-4-10-27-23-19(9-8-17-11-18(12-17)13-22(31)16(2)26-3)15-28-24(30-23)29-21-7-5-6-20(25)14-21/h5-7,14-18,26H,4,10-13H2,1-3H3,(H2,27,28,29,30)/t16-,17?,18?/m0/s1. The van der Waals surface area contributed by atoms with E-state index in [9.17, 15) is 9.18 Å². The number of ketones is 1. The number of aromatic nitrogens is 2. The van der Waals surface area contributed by atoms with E-state index in [4.69, 9.17) is 0 Å². The number of hydrogen-bond acceptors (Lipinski definition) is 6. The predicted octanol–water partition coefficient (Wildman–Crippen LogP) is 4.13. The van der Waals surface area contributed by atoms with Crippen LogP contribution in [0.15, 0.2) is 30.5 Å². The van der Waals surface area contributed by atoms with Gasteiger partial charge in [0.1, 0.15) is 17.4 Å². The molecule has 0 unspecified atom stereocenters. The lowest BCUT2D eigenvalue weighted by Crippen LogP contribution is -2.34. The minimum absolute atomic E-state index is 0.0889. The smallest absolute Gasteiger partial charge is 0.229 e. The Bertz CT molecular complexity index is 962. The fourth-order valence-electron chi connectivity index (χ4n) is 3.43. The highest BCUT2D eigenvalue weighted by Crippen LogP contribution is 2.36. The second-order valence-electron chi connectivity index (χ2n) is 8.00. The lowest BCUT2D eigenvalue weighted by Gasteiger charge is -2.32. The van der Waals surface area contributed by atoms with Crippen molar-refractivity contribution in [2.45, 2.75) is 45.6 Å². The average molecular weight is 424 g/mol. The number of benzene rings is 1. The van der Waals surface area contributed by atoms with Crippen LogP contribution in [0.25, 0.3) is 0 Å². The molecule has 164 valence electrons. The van der Waals surface area contributed by atoms with Crippen LogP contribution in [-0.2, 0) is 4.79 Å². The van der Waals surface area contributed by atoms with E-state index >= 15 is 0 Å². The molecule has 3 N–H and O–H groups in total. The summed E-state index contributed by atoms with van der Waals surface area (Å²) in [5, 5.41) is 9.32. The summed E-state index contributed by atoms with van der Waals surface area (Å²) in [6, 6.07) is 6.09. The molecule has 1 aliphatic carbocycles. The molecule has 0 aliphatic heterocycles. The van der Waals surface area contributed by atoms with E-state index in [0.29, 0.717) is 35.7 Å². The normalized spacial score (nSPS) is 18.3. The van der Waals surface area contributed by atoms with Gasteiger partial charge in [-0.3, -0.25) is 4.79 Å². The highest BCUT2D eigenvalue weighted by molar-refractivity contribution is 5.83. The van der Waals surface area contributed by atoms with E-state index in [1.807, 2.05) is 14.0 Å². The molecule has 1 aliphatic rings. The summed E-state index contributed by atoms with van der Waals surface area (Å²) in [6.45, 7) is 4.74. The maximum atomic E-state index is 13.4. The highest BCUT2D eigenvalue weighted by Gasteiger charge is 2.30. The number of carbonyl (C=O) groups excluding carboxylic acids is 1. The Labute approximate surface area is 183 Å². The fraction of sp³-hybridized carbons (Fsp3) is 0.458. The van der Waals surface area contributed by atoms with Crippen LogP contribution < -0.4 is 16.0 Å². The summed E-state index contributed by atoms with van der Waals surface area (Å²) in [4.78, 5) is 20.9. The minimum atomic E-state index is -0.322. The van der Waals surface area contributed by atoms with E-state index < -0.39 is 0 Å². The second kappa shape index (κ2) is 10.9. The zero-order valence-corrected chi connectivity index (χ0v) is 18.3. The maximum Gasteiger partial charge on any atom is 0.229 e. The molecule has 1 fully saturated rings. The number of hydrogen-bond donors (Lipinski definition) is 3. The lowest BCUT2D eigenvalue weighted by atomic mass is 9.72. The molecule has 0 radical (unpaired) electrons. The molecular weight excluding hydrogens is 393 g/mol. The van der Waals surface area contributed by atoms with Crippen molar-refractivity contribution in [2.24, 2.45) is 11.8 Å². The number of nitrogens with one attached hydrogen (secondary N) is 3. The highest BCUT2D eigenvalue weighted by atomic mass is 19.1. The van der Waals surface area contributed by atoms with Crippen LogP contribution in [0.4, 0.5) is 21.8 Å². The fourth-order valence-corrected chi connectivity index (χ4v) is 3.43. The summed E-state index contributed by atoms with van der Waals surface area (Å²) in [5.74, 6) is 8.23. The Hall–Kier alpha value is -2.98. The lowest BCUT2D eigenvalue weighted by molar-refractivity contribution is -0.122. The Morgan fingerprint density at radius 1 is 1.35 bits per heavy atom. The van der Waals surface area contributed by atoms with Crippen LogP contribution >= 0.6 is 0 Å². The quantitative estimate of drug-likeness (QED) is 0.527. The van der Waals surface area contributed by atoms with Crippen molar-refractivity contribution in [1.29, 1.82) is 0 Å². The number of nitrogens with zero attached hydrogens (tertiary/aromatic N) is 2. The van der Waals surface area contributed by atoms with Gasteiger partial charge in [0.25, 0.3) is 0 Å². The van der Waals surface area contributed by atoms with Crippen molar-refractivity contribution < 1.29 is 9.18 Å². The molecule has 1 saturated carbocycles. The van der Waals surface area contributed by atoms with E-state index in [0.717, 1.165) is 31.4 Å². The van der Waals surface area contributed by atoms with E-state index in [1.165, 1.54) is 12.1 Å². The van der Waals surface area contributed by atoms with Crippen molar-refractivity contribution in [3.05, 3.63) is 41.8 Å². The van der Waals surface area contributed by atoms with Gasteiger partial charge in [-0.05, 0) is 57.4 Å². The third-order valence-electron chi connectivity index (χ3n) is 5.46. The van der Waals surface area contributed by atoms with Crippen molar-refractivity contribution in [3.8, 4) is 11.8 Å². The first kappa shape index (κ1) is 22.7. The second-order valence-corrected chi connectivity index (χ2v) is 8.00. The molecule has 0 bridgehead atoms. The largest absolute Gasteiger partial charge is 0.369 e. The number of anilines is 3. The summed E-state index contributed by atoms with van der Waals surface area (Å²) >= 11 is 0. The third kappa shape index (κ3) is 6.50. The monoisotopic (exact) mass is 423 g/mol. The number of halogens is 1. The molecule has 1 atom stereocenters.